The predicted molar refractivity (Wildman–Crippen MR) is 116 cm³/mol. The van der Waals surface area contributed by atoms with E-state index < -0.39 is 12.1 Å². The van der Waals surface area contributed by atoms with E-state index in [-0.39, 0.29) is 17.1 Å². The number of alkyl halides is 3. The number of fused-ring (bicyclic) bond motifs is 1. The number of hydrogen-bond acceptors (Lipinski definition) is 5. The number of aromatic nitrogens is 3. The van der Waals surface area contributed by atoms with Gasteiger partial charge in [0, 0.05) is 25.6 Å². The molecule has 1 saturated carbocycles. The molecule has 1 aromatic heterocycles. The molecule has 190 valence electrons. The third kappa shape index (κ3) is 6.36. The van der Waals surface area contributed by atoms with Crippen LogP contribution in [0.2, 0.25) is 0 Å². The summed E-state index contributed by atoms with van der Waals surface area (Å²) >= 11 is 0. The number of piperidine rings is 1. The van der Waals surface area contributed by atoms with Crippen molar-refractivity contribution in [3.63, 3.8) is 0 Å². The second-order valence-electron chi connectivity index (χ2n) is 9.48. The Hall–Kier alpha value is -3.02. The molecule has 1 aliphatic carbocycles. The second kappa shape index (κ2) is 9.92. The van der Waals surface area contributed by atoms with E-state index in [1.807, 2.05) is 12.1 Å². The standard InChI is InChI=1S/C21H26FN5O.C2HF3O2/c22-16-3-1-15(2-4-16)13-26-11-9-21(10-12-26)8-7-18-24-25-19(27(18)14-21)20(28)23-17-5-6-17;3-2(4,5)1(6)7/h1-4,17H,5-14H2,(H,23,28);(H,6,7). The van der Waals surface area contributed by atoms with E-state index in [2.05, 4.69) is 25.0 Å². The highest BCUT2D eigenvalue weighted by Crippen LogP contribution is 2.41. The molecule has 2 aliphatic heterocycles. The third-order valence-corrected chi connectivity index (χ3v) is 6.79. The minimum atomic E-state index is -5.08. The highest BCUT2D eigenvalue weighted by Gasteiger charge is 2.40. The van der Waals surface area contributed by atoms with Crippen molar-refractivity contribution in [1.29, 1.82) is 0 Å². The molecule has 8 nitrogen and oxygen atoms in total. The maximum atomic E-state index is 13.1. The van der Waals surface area contributed by atoms with Crippen molar-refractivity contribution >= 4 is 11.9 Å². The summed E-state index contributed by atoms with van der Waals surface area (Å²) in [6.07, 6.45) is 1.27. The SMILES string of the molecule is O=C(NC1CC1)c1nnc2n1CC1(CC2)CCN(Cc2ccc(F)cc2)CC1.O=C(O)C(F)(F)F. The van der Waals surface area contributed by atoms with E-state index in [4.69, 9.17) is 9.90 Å². The summed E-state index contributed by atoms with van der Waals surface area (Å²) in [7, 11) is 0. The highest BCUT2D eigenvalue weighted by atomic mass is 19.4. The summed E-state index contributed by atoms with van der Waals surface area (Å²) in [5.74, 6) is -1.59. The van der Waals surface area contributed by atoms with Gasteiger partial charge in [-0.25, -0.2) is 9.18 Å². The summed E-state index contributed by atoms with van der Waals surface area (Å²) in [5, 5.41) is 18.6. The molecular formula is C23H27F4N5O3. The summed E-state index contributed by atoms with van der Waals surface area (Å²) in [5.41, 5.74) is 1.38. The molecule has 3 aliphatic rings. The van der Waals surface area contributed by atoms with Gasteiger partial charge in [0.1, 0.15) is 11.6 Å². The molecule has 0 atom stereocenters. The van der Waals surface area contributed by atoms with Gasteiger partial charge in [-0.2, -0.15) is 13.2 Å². The van der Waals surface area contributed by atoms with Crippen molar-refractivity contribution in [2.24, 2.45) is 5.41 Å². The van der Waals surface area contributed by atoms with Crippen LogP contribution in [0.1, 0.15) is 54.1 Å². The zero-order chi connectivity index (χ0) is 25.2. The van der Waals surface area contributed by atoms with Crippen molar-refractivity contribution < 1.29 is 32.3 Å². The number of aryl methyl sites for hydroxylation is 1. The van der Waals surface area contributed by atoms with Gasteiger partial charge < -0.3 is 15.0 Å². The summed E-state index contributed by atoms with van der Waals surface area (Å²) in [4.78, 5) is 23.9. The fourth-order valence-corrected chi connectivity index (χ4v) is 4.57. The van der Waals surface area contributed by atoms with E-state index in [0.717, 1.165) is 76.1 Å². The maximum absolute atomic E-state index is 13.1. The largest absolute Gasteiger partial charge is 0.490 e. The minimum Gasteiger partial charge on any atom is -0.475 e. The molecule has 12 heteroatoms. The smallest absolute Gasteiger partial charge is 0.475 e. The lowest BCUT2D eigenvalue weighted by molar-refractivity contribution is -0.192. The van der Waals surface area contributed by atoms with Crippen LogP contribution >= 0.6 is 0 Å². The van der Waals surface area contributed by atoms with E-state index >= 15 is 0 Å². The predicted octanol–water partition coefficient (Wildman–Crippen LogP) is 3.17. The third-order valence-electron chi connectivity index (χ3n) is 6.79. The lowest BCUT2D eigenvalue weighted by Crippen LogP contribution is -2.44. The Kier molecular flexibility index (Phi) is 7.11. The molecule has 3 heterocycles. The number of rotatable bonds is 4. The van der Waals surface area contributed by atoms with Gasteiger partial charge in [-0.1, -0.05) is 12.1 Å². The molecule has 1 saturated heterocycles. The van der Waals surface area contributed by atoms with Gasteiger partial charge in [-0.05, 0) is 68.3 Å². The number of carboxylic acids is 1. The lowest BCUT2D eigenvalue weighted by atomic mass is 9.73. The Morgan fingerprint density at radius 2 is 1.71 bits per heavy atom. The van der Waals surface area contributed by atoms with Crippen LogP contribution in [0, 0.1) is 11.2 Å². The fraction of sp³-hybridized carbons (Fsp3) is 0.565. The van der Waals surface area contributed by atoms with Gasteiger partial charge in [0.05, 0.1) is 0 Å². The summed E-state index contributed by atoms with van der Waals surface area (Å²) in [6.45, 7) is 3.76. The van der Waals surface area contributed by atoms with Crippen molar-refractivity contribution in [2.45, 2.75) is 63.8 Å². The Balaban J connectivity index is 0.000000364. The van der Waals surface area contributed by atoms with Crippen molar-refractivity contribution in [3.8, 4) is 0 Å². The van der Waals surface area contributed by atoms with Crippen LogP contribution in [0.25, 0.3) is 0 Å². The monoisotopic (exact) mass is 497 g/mol. The van der Waals surface area contributed by atoms with Crippen LogP contribution in [0.15, 0.2) is 24.3 Å². The quantitative estimate of drug-likeness (QED) is 0.630. The Morgan fingerprint density at radius 1 is 1.09 bits per heavy atom. The van der Waals surface area contributed by atoms with E-state index in [9.17, 15) is 22.4 Å². The van der Waals surface area contributed by atoms with E-state index in [1.54, 1.807) is 0 Å². The first kappa shape index (κ1) is 25.1. The van der Waals surface area contributed by atoms with Crippen LogP contribution in [0.5, 0.6) is 0 Å². The average molecular weight is 497 g/mol. The highest BCUT2D eigenvalue weighted by molar-refractivity contribution is 5.91. The Bertz CT molecular complexity index is 1060. The van der Waals surface area contributed by atoms with Gasteiger partial charge >= 0.3 is 12.1 Å². The van der Waals surface area contributed by atoms with Gasteiger partial charge in [0.2, 0.25) is 5.82 Å². The number of aliphatic carboxylic acids is 1. The molecule has 0 radical (unpaired) electrons. The molecule has 2 aromatic rings. The van der Waals surface area contributed by atoms with Crippen molar-refractivity contribution in [1.82, 2.24) is 25.0 Å². The Morgan fingerprint density at radius 3 is 2.29 bits per heavy atom. The van der Waals surface area contributed by atoms with E-state index in [1.165, 1.54) is 12.1 Å². The number of halogens is 4. The molecule has 2 N–H and O–H groups in total. The molecule has 2 fully saturated rings. The topological polar surface area (TPSA) is 100 Å². The fourth-order valence-electron chi connectivity index (χ4n) is 4.57. The number of hydrogen-bond donors (Lipinski definition) is 2. The van der Waals surface area contributed by atoms with Crippen LogP contribution in [-0.2, 0) is 24.3 Å². The average Bonchev–Trinajstić information content (AvgIpc) is 3.52. The zero-order valence-corrected chi connectivity index (χ0v) is 19.0. The maximum Gasteiger partial charge on any atom is 0.490 e. The number of likely N-dealkylation sites (tertiary alicyclic amines) is 1. The molecule has 35 heavy (non-hydrogen) atoms. The van der Waals surface area contributed by atoms with Gasteiger partial charge in [0.15, 0.2) is 0 Å². The molecule has 1 spiro atoms. The van der Waals surface area contributed by atoms with Crippen molar-refractivity contribution in [2.75, 3.05) is 13.1 Å². The first-order valence-electron chi connectivity index (χ1n) is 11.5. The number of nitrogens with one attached hydrogen (secondary N) is 1. The van der Waals surface area contributed by atoms with E-state index in [0.29, 0.717) is 11.9 Å². The number of amides is 1. The minimum absolute atomic E-state index is 0.0768. The van der Waals surface area contributed by atoms with Crippen LogP contribution in [0.4, 0.5) is 17.6 Å². The molecule has 0 unspecified atom stereocenters. The zero-order valence-electron chi connectivity index (χ0n) is 19.0. The number of nitrogens with zero attached hydrogens (tertiary/aromatic N) is 4. The normalized spacial score (nSPS) is 19.4. The number of carbonyl (C=O) groups is 2. The van der Waals surface area contributed by atoms with Gasteiger partial charge in [-0.3, -0.25) is 9.69 Å². The van der Waals surface area contributed by atoms with Crippen LogP contribution < -0.4 is 5.32 Å². The van der Waals surface area contributed by atoms with Crippen LogP contribution in [0.3, 0.4) is 0 Å². The second-order valence-corrected chi connectivity index (χ2v) is 9.48. The van der Waals surface area contributed by atoms with Crippen LogP contribution in [-0.4, -0.2) is 62.0 Å². The molecule has 1 aromatic carbocycles. The molecule has 5 rings (SSSR count). The number of carboxylic acid groups (broad SMARTS) is 1. The first-order valence-corrected chi connectivity index (χ1v) is 11.5. The summed E-state index contributed by atoms with van der Waals surface area (Å²) in [6, 6.07) is 7.13. The van der Waals surface area contributed by atoms with Gasteiger partial charge in [-0.15, -0.1) is 10.2 Å². The Labute approximate surface area is 199 Å². The summed E-state index contributed by atoms with van der Waals surface area (Å²) < 4.78 is 46.9. The number of carbonyl (C=O) groups excluding carboxylic acids is 1. The lowest BCUT2D eigenvalue weighted by Gasteiger charge is -2.44. The molecule has 1 amide bonds. The number of benzene rings is 1. The first-order chi connectivity index (χ1) is 16.5. The molecular weight excluding hydrogens is 470 g/mol. The van der Waals surface area contributed by atoms with Crippen molar-refractivity contribution in [3.05, 3.63) is 47.3 Å². The molecule has 0 bridgehead atoms. The van der Waals surface area contributed by atoms with Gasteiger partial charge in [0.25, 0.3) is 5.91 Å².